The molecule has 0 spiro atoms. The Balaban J connectivity index is 2.86. The van der Waals surface area contributed by atoms with Crippen LogP contribution in [0.2, 0.25) is 0 Å². The molecule has 0 heterocycles. The van der Waals surface area contributed by atoms with Crippen LogP contribution in [0.4, 0.5) is 10.5 Å². The number of nitro benzene ring substituents is 1. The molecule has 1 aromatic rings. The Bertz CT molecular complexity index is 562. The highest BCUT2D eigenvalue weighted by Gasteiger charge is 2.27. The minimum absolute atomic E-state index is 0.0409. The minimum Gasteiger partial charge on any atom is -0.465 e. The Morgan fingerprint density at radius 2 is 1.86 bits per heavy atom. The Hall–Kier alpha value is -2.64. The zero-order valence-corrected chi connectivity index (χ0v) is 12.5. The van der Waals surface area contributed by atoms with Crippen LogP contribution in [-0.4, -0.2) is 33.7 Å². The van der Waals surface area contributed by atoms with Gasteiger partial charge >= 0.3 is 12.1 Å². The van der Waals surface area contributed by atoms with Crippen LogP contribution in [0, 0.1) is 10.1 Å². The first-order valence-electron chi connectivity index (χ1n) is 6.54. The van der Waals surface area contributed by atoms with Crippen molar-refractivity contribution in [3.63, 3.8) is 0 Å². The van der Waals surface area contributed by atoms with Gasteiger partial charge in [0, 0.05) is 18.6 Å². The van der Waals surface area contributed by atoms with E-state index in [0.717, 1.165) is 0 Å². The average Bonchev–Trinajstić information content (AvgIpc) is 2.36. The average molecular weight is 310 g/mol. The van der Waals surface area contributed by atoms with E-state index in [1.165, 1.54) is 24.3 Å². The topological polar surface area (TPSA) is 119 Å². The van der Waals surface area contributed by atoms with E-state index in [2.05, 4.69) is 5.32 Å². The van der Waals surface area contributed by atoms with Crippen molar-refractivity contribution in [3.05, 3.63) is 39.9 Å². The number of amides is 1. The highest BCUT2D eigenvalue weighted by atomic mass is 16.6. The summed E-state index contributed by atoms with van der Waals surface area (Å²) >= 11 is 0. The monoisotopic (exact) mass is 310 g/mol. The molecule has 0 fully saturated rings. The van der Waals surface area contributed by atoms with Crippen molar-refractivity contribution in [3.8, 4) is 0 Å². The highest BCUT2D eigenvalue weighted by molar-refractivity contribution is 5.81. The number of carboxylic acid groups (broad SMARTS) is 1. The molecule has 0 aliphatic carbocycles. The highest BCUT2D eigenvalue weighted by Crippen LogP contribution is 2.15. The van der Waals surface area contributed by atoms with Gasteiger partial charge in [0.05, 0.1) is 4.92 Å². The third kappa shape index (κ3) is 5.78. The lowest BCUT2D eigenvalue weighted by Gasteiger charge is -2.24. The van der Waals surface area contributed by atoms with Crippen LogP contribution >= 0.6 is 0 Å². The SMILES string of the molecule is CC(C)(C)OC(=O)C(Cc1ccc([N+](=O)[O-])cc1)NC(=O)O. The molecule has 1 amide bonds. The summed E-state index contributed by atoms with van der Waals surface area (Å²) in [6.07, 6.45) is -1.31. The fourth-order valence-corrected chi connectivity index (χ4v) is 1.70. The Morgan fingerprint density at radius 1 is 1.32 bits per heavy atom. The van der Waals surface area contributed by atoms with Crippen LogP contribution < -0.4 is 5.32 Å². The number of ether oxygens (including phenoxy) is 1. The van der Waals surface area contributed by atoms with Crippen LogP contribution in [0.1, 0.15) is 26.3 Å². The van der Waals surface area contributed by atoms with Crippen molar-refractivity contribution in [2.75, 3.05) is 0 Å². The number of hydrogen-bond donors (Lipinski definition) is 2. The summed E-state index contributed by atoms with van der Waals surface area (Å²) in [7, 11) is 0. The van der Waals surface area contributed by atoms with Crippen molar-refractivity contribution in [2.45, 2.75) is 38.8 Å². The Labute approximate surface area is 127 Å². The molecule has 2 N–H and O–H groups in total. The first-order chi connectivity index (χ1) is 10.1. The zero-order valence-electron chi connectivity index (χ0n) is 12.5. The number of rotatable bonds is 5. The number of hydrogen-bond acceptors (Lipinski definition) is 5. The summed E-state index contributed by atoms with van der Waals surface area (Å²) in [5.41, 5.74) is -0.246. The molecule has 1 aromatic carbocycles. The Kier molecular flexibility index (Phi) is 5.44. The molecular formula is C14H18N2O6. The third-order valence-corrected chi connectivity index (χ3v) is 2.58. The lowest BCUT2D eigenvalue weighted by atomic mass is 10.1. The van der Waals surface area contributed by atoms with Gasteiger partial charge in [-0.3, -0.25) is 10.1 Å². The molecule has 120 valence electrons. The summed E-state index contributed by atoms with van der Waals surface area (Å²) in [6.45, 7) is 5.03. The molecule has 1 atom stereocenters. The molecule has 1 unspecified atom stereocenters. The molecule has 1 rings (SSSR count). The molecule has 0 bridgehead atoms. The second-order valence-corrected chi connectivity index (χ2v) is 5.66. The number of carbonyl (C=O) groups is 2. The number of nitro groups is 1. The van der Waals surface area contributed by atoms with Crippen LogP contribution in [-0.2, 0) is 16.0 Å². The van der Waals surface area contributed by atoms with Gasteiger partial charge in [-0.1, -0.05) is 12.1 Å². The van der Waals surface area contributed by atoms with E-state index < -0.39 is 28.6 Å². The summed E-state index contributed by atoms with van der Waals surface area (Å²) in [5, 5.41) is 21.5. The van der Waals surface area contributed by atoms with E-state index in [1.807, 2.05) is 0 Å². The maximum Gasteiger partial charge on any atom is 0.405 e. The van der Waals surface area contributed by atoms with Gasteiger partial charge in [0.15, 0.2) is 0 Å². The maximum absolute atomic E-state index is 12.0. The van der Waals surface area contributed by atoms with Gasteiger partial charge in [0.25, 0.3) is 5.69 Å². The normalized spacial score (nSPS) is 12.3. The smallest absolute Gasteiger partial charge is 0.405 e. The van der Waals surface area contributed by atoms with Crippen molar-refractivity contribution in [2.24, 2.45) is 0 Å². The van der Waals surface area contributed by atoms with Gasteiger partial charge in [-0.05, 0) is 26.3 Å². The number of benzene rings is 1. The predicted octanol–water partition coefficient (Wildman–Crippen LogP) is 2.12. The minimum atomic E-state index is -1.35. The van der Waals surface area contributed by atoms with Crippen molar-refractivity contribution in [1.82, 2.24) is 5.32 Å². The number of esters is 1. The lowest BCUT2D eigenvalue weighted by molar-refractivity contribution is -0.384. The number of nitrogens with zero attached hydrogens (tertiary/aromatic N) is 1. The van der Waals surface area contributed by atoms with Gasteiger partial charge < -0.3 is 15.2 Å². The molecule has 8 heteroatoms. The van der Waals surface area contributed by atoms with Gasteiger partial charge in [-0.2, -0.15) is 0 Å². The Morgan fingerprint density at radius 3 is 2.27 bits per heavy atom. The van der Waals surface area contributed by atoms with Crippen molar-refractivity contribution >= 4 is 17.7 Å². The van der Waals surface area contributed by atoms with Crippen molar-refractivity contribution < 1.29 is 24.4 Å². The first kappa shape index (κ1) is 17.4. The molecule has 0 aliphatic rings. The first-order valence-corrected chi connectivity index (χ1v) is 6.54. The fourth-order valence-electron chi connectivity index (χ4n) is 1.70. The number of non-ortho nitro benzene ring substituents is 1. The van der Waals surface area contributed by atoms with Gasteiger partial charge in [-0.25, -0.2) is 9.59 Å². The van der Waals surface area contributed by atoms with Gasteiger partial charge in [-0.15, -0.1) is 0 Å². The second kappa shape index (κ2) is 6.88. The van der Waals surface area contributed by atoms with Gasteiger partial charge in [0.2, 0.25) is 0 Å². The summed E-state index contributed by atoms with van der Waals surface area (Å²) < 4.78 is 5.16. The predicted molar refractivity (Wildman–Crippen MR) is 77.6 cm³/mol. The molecule has 0 saturated carbocycles. The molecule has 0 radical (unpaired) electrons. The van der Waals surface area contributed by atoms with E-state index in [0.29, 0.717) is 5.56 Å². The second-order valence-electron chi connectivity index (χ2n) is 5.66. The number of nitrogens with one attached hydrogen (secondary N) is 1. The fraction of sp³-hybridized carbons (Fsp3) is 0.429. The van der Waals surface area contributed by atoms with E-state index in [9.17, 15) is 19.7 Å². The molecular weight excluding hydrogens is 292 g/mol. The summed E-state index contributed by atoms with van der Waals surface area (Å²) in [6, 6.07) is 4.45. The molecule has 0 aliphatic heterocycles. The number of carbonyl (C=O) groups excluding carboxylic acids is 1. The maximum atomic E-state index is 12.0. The standard InChI is InChI=1S/C14H18N2O6/c1-14(2,3)22-12(17)11(15-13(18)19)8-9-4-6-10(7-5-9)16(20)21/h4-7,11,15H,8H2,1-3H3,(H,18,19). The van der Waals surface area contributed by atoms with E-state index >= 15 is 0 Å². The third-order valence-electron chi connectivity index (χ3n) is 2.58. The molecule has 0 saturated heterocycles. The van der Waals surface area contributed by atoms with Crippen LogP contribution in [0.15, 0.2) is 24.3 Å². The molecule has 0 aromatic heterocycles. The van der Waals surface area contributed by atoms with Crippen molar-refractivity contribution in [1.29, 1.82) is 0 Å². The van der Waals surface area contributed by atoms with Crippen LogP contribution in [0.5, 0.6) is 0 Å². The van der Waals surface area contributed by atoms with Gasteiger partial charge in [0.1, 0.15) is 11.6 Å². The quantitative estimate of drug-likeness (QED) is 0.488. The van der Waals surface area contributed by atoms with Crippen LogP contribution in [0.25, 0.3) is 0 Å². The van der Waals surface area contributed by atoms with E-state index in [1.54, 1.807) is 20.8 Å². The summed E-state index contributed by atoms with van der Waals surface area (Å²) in [4.78, 5) is 32.9. The lowest BCUT2D eigenvalue weighted by Crippen LogP contribution is -2.45. The van der Waals surface area contributed by atoms with E-state index in [4.69, 9.17) is 9.84 Å². The largest absolute Gasteiger partial charge is 0.465 e. The van der Waals surface area contributed by atoms with E-state index in [-0.39, 0.29) is 12.1 Å². The molecule has 8 nitrogen and oxygen atoms in total. The van der Waals surface area contributed by atoms with Crippen LogP contribution in [0.3, 0.4) is 0 Å². The summed E-state index contributed by atoms with van der Waals surface area (Å²) in [5.74, 6) is -0.701. The zero-order chi connectivity index (χ0) is 16.9. The molecule has 22 heavy (non-hydrogen) atoms.